The molecule has 7 heteroatoms. The van der Waals surface area contributed by atoms with Crippen molar-refractivity contribution >= 4 is 28.6 Å². The van der Waals surface area contributed by atoms with Crippen molar-refractivity contribution in [1.82, 2.24) is 10.3 Å². The topological polar surface area (TPSA) is 63.7 Å². The van der Waals surface area contributed by atoms with E-state index in [0.29, 0.717) is 13.2 Å². The van der Waals surface area contributed by atoms with E-state index >= 15 is 0 Å². The van der Waals surface area contributed by atoms with Crippen LogP contribution in [0.5, 0.6) is 0 Å². The van der Waals surface area contributed by atoms with E-state index in [-0.39, 0.29) is 5.92 Å². The molecular weight excluding hydrogens is 422 g/mol. The molecule has 1 N–H and O–H groups in total. The first-order valence-electron chi connectivity index (χ1n) is 10.8. The van der Waals surface area contributed by atoms with Crippen molar-refractivity contribution in [1.29, 1.82) is 0 Å². The minimum atomic E-state index is -0.413. The lowest BCUT2D eigenvalue weighted by atomic mass is 9.98. The predicted molar refractivity (Wildman–Crippen MR) is 127 cm³/mol. The Labute approximate surface area is 191 Å². The van der Waals surface area contributed by atoms with Crippen molar-refractivity contribution in [3.05, 3.63) is 76.8 Å². The predicted octanol–water partition coefficient (Wildman–Crippen LogP) is 4.53. The van der Waals surface area contributed by atoms with E-state index < -0.39 is 6.09 Å². The minimum Gasteiger partial charge on any atom is -0.449 e. The highest BCUT2D eigenvalue weighted by molar-refractivity contribution is 7.13. The number of nitrogens with zero attached hydrogens (tertiary/aromatic N) is 2. The lowest BCUT2D eigenvalue weighted by Crippen LogP contribution is -2.36. The summed E-state index contributed by atoms with van der Waals surface area (Å²) < 4.78 is 10.9. The Kier molecular flexibility index (Phi) is 6.18. The molecule has 1 aromatic heterocycles. The Morgan fingerprint density at radius 1 is 1.12 bits per heavy atom. The Morgan fingerprint density at radius 2 is 1.81 bits per heavy atom. The molecule has 2 aromatic carbocycles. The number of hydrogen-bond acceptors (Lipinski definition) is 6. The maximum atomic E-state index is 12.2. The molecule has 2 heterocycles. The number of carbonyl (C=O) groups excluding carboxylic acids is 1. The number of amides is 1. The fraction of sp³-hybridized carbons (Fsp3) is 0.280. The molecule has 1 aliphatic heterocycles. The molecule has 0 bridgehead atoms. The summed E-state index contributed by atoms with van der Waals surface area (Å²) in [5.41, 5.74) is 5.76. The minimum absolute atomic E-state index is 0.0670. The van der Waals surface area contributed by atoms with Crippen LogP contribution in [0.3, 0.4) is 0 Å². The lowest BCUT2D eigenvalue weighted by Gasteiger charge is -2.25. The van der Waals surface area contributed by atoms with Gasteiger partial charge in [0.25, 0.3) is 0 Å². The molecule has 0 radical (unpaired) electrons. The Hall–Kier alpha value is -3.16. The van der Waals surface area contributed by atoms with Crippen LogP contribution in [0.2, 0.25) is 0 Å². The van der Waals surface area contributed by atoms with Gasteiger partial charge in [-0.3, -0.25) is 0 Å². The van der Waals surface area contributed by atoms with Crippen LogP contribution in [-0.4, -0.2) is 50.5 Å². The first-order chi connectivity index (χ1) is 15.8. The summed E-state index contributed by atoms with van der Waals surface area (Å²) in [7, 11) is 0. The molecule has 164 valence electrons. The molecule has 32 heavy (non-hydrogen) atoms. The summed E-state index contributed by atoms with van der Waals surface area (Å²) in [6, 6.07) is 16.6. The molecule has 2 aliphatic rings. The van der Waals surface area contributed by atoms with Crippen molar-refractivity contribution in [2.75, 3.05) is 44.4 Å². The SMILES string of the molecule is O=C(NCC=Cc1csc(N2CCOCC2)n1)OCC1c2ccccc2-c2ccccc21. The number of benzene rings is 2. The maximum Gasteiger partial charge on any atom is 0.407 e. The zero-order chi connectivity index (χ0) is 21.8. The van der Waals surface area contributed by atoms with E-state index in [1.165, 1.54) is 22.3 Å². The van der Waals surface area contributed by atoms with Gasteiger partial charge in [0.15, 0.2) is 5.13 Å². The second-order valence-corrected chi connectivity index (χ2v) is 8.60. The fourth-order valence-corrected chi connectivity index (χ4v) is 5.07. The molecule has 0 atom stereocenters. The van der Waals surface area contributed by atoms with Gasteiger partial charge in [-0.15, -0.1) is 11.3 Å². The van der Waals surface area contributed by atoms with Crippen LogP contribution in [0.4, 0.5) is 9.93 Å². The number of morpholine rings is 1. The van der Waals surface area contributed by atoms with Crippen LogP contribution in [0.15, 0.2) is 60.0 Å². The van der Waals surface area contributed by atoms with E-state index in [4.69, 9.17) is 9.47 Å². The zero-order valence-corrected chi connectivity index (χ0v) is 18.5. The van der Waals surface area contributed by atoms with Crippen molar-refractivity contribution in [3.63, 3.8) is 0 Å². The van der Waals surface area contributed by atoms with Crippen molar-refractivity contribution in [2.24, 2.45) is 0 Å². The largest absolute Gasteiger partial charge is 0.449 e. The van der Waals surface area contributed by atoms with E-state index in [1.54, 1.807) is 11.3 Å². The van der Waals surface area contributed by atoms with Crippen molar-refractivity contribution < 1.29 is 14.3 Å². The summed E-state index contributed by atoms with van der Waals surface area (Å²) in [5, 5.41) is 5.83. The van der Waals surface area contributed by atoms with Gasteiger partial charge in [-0.1, -0.05) is 54.6 Å². The highest BCUT2D eigenvalue weighted by Crippen LogP contribution is 2.44. The van der Waals surface area contributed by atoms with Crippen LogP contribution in [-0.2, 0) is 9.47 Å². The quantitative estimate of drug-likeness (QED) is 0.601. The van der Waals surface area contributed by atoms with Crippen LogP contribution in [0.25, 0.3) is 17.2 Å². The number of fused-ring (bicyclic) bond motifs is 3. The number of alkyl carbamates (subject to hydrolysis) is 1. The molecule has 0 saturated carbocycles. The van der Waals surface area contributed by atoms with Gasteiger partial charge in [0.05, 0.1) is 18.9 Å². The number of carbonyl (C=O) groups is 1. The molecular formula is C25H25N3O3S. The van der Waals surface area contributed by atoms with Crippen molar-refractivity contribution in [2.45, 2.75) is 5.92 Å². The van der Waals surface area contributed by atoms with E-state index in [9.17, 15) is 4.79 Å². The van der Waals surface area contributed by atoms with Gasteiger partial charge in [-0.25, -0.2) is 9.78 Å². The highest BCUT2D eigenvalue weighted by Gasteiger charge is 2.28. The first-order valence-corrected chi connectivity index (χ1v) is 11.7. The third-order valence-electron chi connectivity index (χ3n) is 5.79. The van der Waals surface area contributed by atoms with E-state index in [2.05, 4.69) is 39.5 Å². The van der Waals surface area contributed by atoms with Gasteiger partial charge in [0.1, 0.15) is 6.61 Å². The van der Waals surface area contributed by atoms with Gasteiger partial charge in [0.2, 0.25) is 0 Å². The average Bonchev–Trinajstić information content (AvgIpc) is 3.44. The van der Waals surface area contributed by atoms with Crippen LogP contribution in [0, 0.1) is 0 Å². The van der Waals surface area contributed by atoms with E-state index in [0.717, 1.165) is 37.1 Å². The van der Waals surface area contributed by atoms with Crippen LogP contribution >= 0.6 is 11.3 Å². The second-order valence-electron chi connectivity index (χ2n) is 7.76. The number of hydrogen-bond donors (Lipinski definition) is 1. The number of aromatic nitrogens is 1. The normalized spacial score (nSPS) is 15.6. The summed E-state index contributed by atoms with van der Waals surface area (Å²) in [6.07, 6.45) is 3.40. The second kappa shape index (κ2) is 9.54. The molecule has 1 saturated heterocycles. The smallest absolute Gasteiger partial charge is 0.407 e. The molecule has 5 rings (SSSR count). The lowest BCUT2D eigenvalue weighted by molar-refractivity contribution is 0.122. The number of ether oxygens (including phenoxy) is 2. The molecule has 3 aromatic rings. The van der Waals surface area contributed by atoms with E-state index in [1.807, 2.05) is 41.8 Å². The average molecular weight is 448 g/mol. The standard InChI is InChI=1S/C25H25N3O3S/c29-25(26-11-5-6-18-17-32-24(27-18)28-12-14-30-15-13-28)31-16-23-21-9-3-1-7-19(21)20-8-2-4-10-22(20)23/h1-10,17,23H,11-16H2,(H,26,29). The van der Waals surface area contributed by atoms with Gasteiger partial charge in [-0.05, 0) is 28.3 Å². The zero-order valence-electron chi connectivity index (χ0n) is 17.7. The summed E-state index contributed by atoms with van der Waals surface area (Å²) in [5.74, 6) is 0.0670. The molecule has 0 unspecified atom stereocenters. The van der Waals surface area contributed by atoms with Gasteiger partial charge >= 0.3 is 6.09 Å². The first kappa shape index (κ1) is 20.7. The molecule has 1 amide bonds. The van der Waals surface area contributed by atoms with Crippen molar-refractivity contribution in [3.8, 4) is 11.1 Å². The third kappa shape index (κ3) is 4.40. The number of thiazole rings is 1. The number of nitrogens with one attached hydrogen (secondary N) is 1. The monoisotopic (exact) mass is 447 g/mol. The third-order valence-corrected chi connectivity index (χ3v) is 6.71. The van der Waals surface area contributed by atoms with Crippen LogP contribution in [0.1, 0.15) is 22.7 Å². The fourth-order valence-electron chi connectivity index (χ4n) is 4.22. The molecule has 1 fully saturated rings. The summed E-state index contributed by atoms with van der Waals surface area (Å²) >= 11 is 1.63. The van der Waals surface area contributed by atoms with Gasteiger partial charge < -0.3 is 19.7 Å². The maximum absolute atomic E-state index is 12.2. The number of anilines is 1. The molecule has 6 nitrogen and oxygen atoms in total. The summed E-state index contributed by atoms with van der Waals surface area (Å²) in [4.78, 5) is 19.1. The Bertz CT molecular complexity index is 1080. The highest BCUT2D eigenvalue weighted by atomic mass is 32.1. The molecule has 1 aliphatic carbocycles. The molecule has 0 spiro atoms. The Morgan fingerprint density at radius 3 is 2.53 bits per heavy atom. The summed E-state index contributed by atoms with van der Waals surface area (Å²) in [6.45, 7) is 3.95. The number of rotatable bonds is 6. The Balaban J connectivity index is 1.12. The van der Waals surface area contributed by atoms with Gasteiger partial charge in [0, 0.05) is 30.9 Å². The van der Waals surface area contributed by atoms with Gasteiger partial charge in [-0.2, -0.15) is 0 Å². The van der Waals surface area contributed by atoms with Crippen LogP contribution < -0.4 is 10.2 Å².